The molecule has 0 aliphatic heterocycles. The monoisotopic (exact) mass is 270 g/mol. The fourth-order valence-electron chi connectivity index (χ4n) is 2.30. The highest BCUT2D eigenvalue weighted by Crippen LogP contribution is 2.30. The molecule has 2 atom stereocenters. The number of nitrogens with zero attached hydrogens (tertiary/aromatic N) is 1. The second-order valence-electron chi connectivity index (χ2n) is 4.72. The summed E-state index contributed by atoms with van der Waals surface area (Å²) in [4.78, 5) is 4.96. The van der Waals surface area contributed by atoms with Crippen molar-refractivity contribution in [3.05, 3.63) is 21.9 Å². The van der Waals surface area contributed by atoms with Gasteiger partial charge in [-0.05, 0) is 38.4 Å². The van der Waals surface area contributed by atoms with E-state index in [2.05, 4.69) is 37.8 Å². The van der Waals surface area contributed by atoms with E-state index < -0.39 is 0 Å². The van der Waals surface area contributed by atoms with E-state index in [-0.39, 0.29) is 18.7 Å². The molecule has 0 radical (unpaired) electrons. The lowest BCUT2D eigenvalue weighted by Gasteiger charge is -2.34. The van der Waals surface area contributed by atoms with Crippen molar-refractivity contribution in [2.75, 3.05) is 19.7 Å². The molecule has 0 spiro atoms. The van der Waals surface area contributed by atoms with E-state index in [0.717, 1.165) is 19.4 Å². The molecule has 0 saturated carbocycles. The molecule has 0 fully saturated rings. The largest absolute Gasteiger partial charge is 0.395 e. The van der Waals surface area contributed by atoms with Gasteiger partial charge < -0.3 is 10.8 Å². The summed E-state index contributed by atoms with van der Waals surface area (Å²) in [5.41, 5.74) is 6.30. The number of nitrogens with two attached hydrogens (primary N) is 1. The van der Waals surface area contributed by atoms with Gasteiger partial charge in [-0.25, -0.2) is 0 Å². The van der Waals surface area contributed by atoms with E-state index in [1.54, 1.807) is 0 Å². The summed E-state index contributed by atoms with van der Waals surface area (Å²) in [6.07, 6.45) is 2.03. The normalized spacial score (nSPS) is 15.0. The van der Waals surface area contributed by atoms with Gasteiger partial charge in [-0.15, -0.1) is 11.3 Å². The van der Waals surface area contributed by atoms with Crippen LogP contribution in [0.2, 0.25) is 0 Å². The first-order valence-corrected chi connectivity index (χ1v) is 7.62. The Kier molecular flexibility index (Phi) is 6.86. The Morgan fingerprint density at radius 2 is 2.06 bits per heavy atom. The van der Waals surface area contributed by atoms with Crippen LogP contribution in [0.5, 0.6) is 0 Å². The highest BCUT2D eigenvalue weighted by Gasteiger charge is 2.26. The SMILES string of the molecule is CCCN(CCO)C(c1ccc(C)s1)C(N)CC. The van der Waals surface area contributed by atoms with Gasteiger partial charge in [-0.1, -0.05) is 13.8 Å². The number of aliphatic hydroxyl groups is 1. The zero-order valence-electron chi connectivity index (χ0n) is 11.7. The Morgan fingerprint density at radius 1 is 1.33 bits per heavy atom. The average Bonchev–Trinajstić information content (AvgIpc) is 2.76. The van der Waals surface area contributed by atoms with E-state index in [1.165, 1.54) is 9.75 Å². The molecule has 3 nitrogen and oxygen atoms in total. The quantitative estimate of drug-likeness (QED) is 0.763. The van der Waals surface area contributed by atoms with Gasteiger partial charge in [0.05, 0.1) is 12.6 Å². The molecular formula is C14H26N2OS. The predicted octanol–water partition coefficient (Wildman–Crippen LogP) is 2.54. The number of thiophene rings is 1. The van der Waals surface area contributed by atoms with Crippen molar-refractivity contribution in [3.8, 4) is 0 Å². The fourth-order valence-corrected chi connectivity index (χ4v) is 3.39. The minimum absolute atomic E-state index is 0.126. The summed E-state index contributed by atoms with van der Waals surface area (Å²) in [5.74, 6) is 0. The molecule has 104 valence electrons. The highest BCUT2D eigenvalue weighted by atomic mass is 32.1. The minimum atomic E-state index is 0.126. The molecule has 4 heteroatoms. The smallest absolute Gasteiger partial charge is 0.0594 e. The lowest BCUT2D eigenvalue weighted by Crippen LogP contribution is -2.42. The molecule has 0 aliphatic rings. The van der Waals surface area contributed by atoms with Crippen molar-refractivity contribution in [3.63, 3.8) is 0 Å². The topological polar surface area (TPSA) is 49.5 Å². The third-order valence-electron chi connectivity index (χ3n) is 3.22. The maximum atomic E-state index is 9.24. The molecule has 1 heterocycles. The van der Waals surface area contributed by atoms with Crippen LogP contribution in [0.1, 0.15) is 42.5 Å². The molecule has 0 aromatic carbocycles. The summed E-state index contributed by atoms with van der Waals surface area (Å²) in [6.45, 7) is 8.29. The predicted molar refractivity (Wildman–Crippen MR) is 79.0 cm³/mol. The lowest BCUT2D eigenvalue weighted by atomic mass is 10.0. The van der Waals surface area contributed by atoms with E-state index >= 15 is 0 Å². The fraction of sp³-hybridized carbons (Fsp3) is 0.714. The second kappa shape index (κ2) is 7.89. The first kappa shape index (κ1) is 15.6. The Hall–Kier alpha value is -0.420. The Balaban J connectivity index is 2.94. The van der Waals surface area contributed by atoms with Gasteiger partial charge in [0.1, 0.15) is 0 Å². The van der Waals surface area contributed by atoms with Crippen LogP contribution >= 0.6 is 11.3 Å². The summed E-state index contributed by atoms with van der Waals surface area (Å²) in [6, 6.07) is 4.69. The van der Waals surface area contributed by atoms with Crippen molar-refractivity contribution in [2.24, 2.45) is 5.73 Å². The Bertz CT molecular complexity index is 334. The first-order chi connectivity index (χ1) is 8.63. The molecule has 3 N–H and O–H groups in total. The lowest BCUT2D eigenvalue weighted by molar-refractivity contribution is 0.134. The average molecular weight is 270 g/mol. The highest BCUT2D eigenvalue weighted by molar-refractivity contribution is 7.12. The van der Waals surface area contributed by atoms with Crippen molar-refractivity contribution < 1.29 is 5.11 Å². The molecule has 18 heavy (non-hydrogen) atoms. The van der Waals surface area contributed by atoms with E-state index in [1.807, 2.05) is 11.3 Å². The zero-order valence-corrected chi connectivity index (χ0v) is 12.5. The molecule has 2 unspecified atom stereocenters. The van der Waals surface area contributed by atoms with Gasteiger partial charge >= 0.3 is 0 Å². The van der Waals surface area contributed by atoms with Crippen LogP contribution in [0.25, 0.3) is 0 Å². The number of aliphatic hydroxyl groups excluding tert-OH is 1. The van der Waals surface area contributed by atoms with Crippen LogP contribution < -0.4 is 5.73 Å². The van der Waals surface area contributed by atoms with Crippen molar-refractivity contribution >= 4 is 11.3 Å². The minimum Gasteiger partial charge on any atom is -0.395 e. The van der Waals surface area contributed by atoms with Gasteiger partial charge in [0.2, 0.25) is 0 Å². The summed E-state index contributed by atoms with van der Waals surface area (Å²) in [7, 11) is 0. The van der Waals surface area contributed by atoms with E-state index in [9.17, 15) is 5.11 Å². The van der Waals surface area contributed by atoms with Crippen LogP contribution in [0.3, 0.4) is 0 Å². The second-order valence-corrected chi connectivity index (χ2v) is 6.04. The third kappa shape index (κ3) is 4.05. The van der Waals surface area contributed by atoms with Gasteiger partial charge in [0.15, 0.2) is 0 Å². The molecule has 0 bridgehead atoms. The zero-order chi connectivity index (χ0) is 13.5. The number of hydrogen-bond donors (Lipinski definition) is 2. The summed E-state index contributed by atoms with van der Waals surface area (Å²) >= 11 is 1.82. The van der Waals surface area contributed by atoms with Crippen molar-refractivity contribution in [1.29, 1.82) is 0 Å². The molecule has 0 amide bonds. The van der Waals surface area contributed by atoms with Crippen LogP contribution in [-0.4, -0.2) is 35.7 Å². The third-order valence-corrected chi connectivity index (χ3v) is 4.29. The Labute approximate surface area is 115 Å². The van der Waals surface area contributed by atoms with Crippen molar-refractivity contribution in [1.82, 2.24) is 4.90 Å². The molecule has 0 saturated heterocycles. The molecular weight excluding hydrogens is 244 g/mol. The van der Waals surface area contributed by atoms with E-state index in [4.69, 9.17) is 5.73 Å². The molecule has 1 aromatic heterocycles. The summed E-state index contributed by atoms with van der Waals surface area (Å²) < 4.78 is 0. The number of aryl methyl sites for hydroxylation is 1. The molecule has 0 aliphatic carbocycles. The van der Waals surface area contributed by atoms with E-state index in [0.29, 0.717) is 6.54 Å². The number of hydrogen-bond acceptors (Lipinski definition) is 4. The Morgan fingerprint density at radius 3 is 2.50 bits per heavy atom. The van der Waals surface area contributed by atoms with Crippen molar-refractivity contribution in [2.45, 2.75) is 45.7 Å². The van der Waals surface area contributed by atoms with Gasteiger partial charge in [0.25, 0.3) is 0 Å². The maximum Gasteiger partial charge on any atom is 0.0594 e. The first-order valence-electron chi connectivity index (χ1n) is 6.80. The number of rotatable bonds is 8. The molecule has 1 aromatic rings. The standard InChI is InChI=1S/C14H26N2OS/c1-4-8-16(9-10-17)14(12(15)5-2)13-7-6-11(3)18-13/h6-7,12,14,17H,4-5,8-10,15H2,1-3H3. The van der Waals surface area contributed by atoms with Crippen LogP contribution in [-0.2, 0) is 0 Å². The maximum absolute atomic E-state index is 9.24. The summed E-state index contributed by atoms with van der Waals surface area (Å²) in [5, 5.41) is 9.24. The van der Waals surface area contributed by atoms with Crippen LogP contribution in [0, 0.1) is 6.92 Å². The van der Waals surface area contributed by atoms with Crippen LogP contribution in [0.4, 0.5) is 0 Å². The van der Waals surface area contributed by atoms with Crippen LogP contribution in [0.15, 0.2) is 12.1 Å². The molecule has 1 rings (SSSR count). The van der Waals surface area contributed by atoms with Gasteiger partial charge in [0, 0.05) is 22.3 Å². The van der Waals surface area contributed by atoms with Gasteiger partial charge in [-0.3, -0.25) is 4.90 Å². The van der Waals surface area contributed by atoms with Gasteiger partial charge in [-0.2, -0.15) is 0 Å².